The molecule has 1 N–H and O–H groups in total. The highest BCUT2D eigenvalue weighted by Gasteiger charge is 2.16. The quantitative estimate of drug-likeness (QED) is 0.460. The second-order valence-electron chi connectivity index (χ2n) is 6.88. The summed E-state index contributed by atoms with van der Waals surface area (Å²) in [5.74, 6) is 0.0443. The number of benzene rings is 1. The molecule has 0 fully saturated rings. The van der Waals surface area contributed by atoms with Crippen LogP contribution < -0.4 is 4.74 Å². The van der Waals surface area contributed by atoms with E-state index in [1.165, 1.54) is 6.07 Å². The Hall–Kier alpha value is -3.97. The van der Waals surface area contributed by atoms with Gasteiger partial charge in [0.2, 0.25) is 5.88 Å². The first kappa shape index (κ1) is 19.0. The molecule has 0 unspecified atom stereocenters. The van der Waals surface area contributed by atoms with E-state index in [-0.39, 0.29) is 19.0 Å². The van der Waals surface area contributed by atoms with Crippen LogP contribution in [0.2, 0.25) is 0 Å². The highest BCUT2D eigenvalue weighted by atomic mass is 19.1. The summed E-state index contributed by atoms with van der Waals surface area (Å²) in [5.41, 5.74) is 3.06. The third kappa shape index (κ3) is 3.45. The number of aliphatic hydroxyl groups is 1. The van der Waals surface area contributed by atoms with Gasteiger partial charge in [0.25, 0.3) is 0 Å². The molecule has 4 aromatic heterocycles. The van der Waals surface area contributed by atoms with E-state index in [2.05, 4.69) is 19.9 Å². The van der Waals surface area contributed by atoms with Gasteiger partial charge >= 0.3 is 0 Å². The molecule has 7 heteroatoms. The van der Waals surface area contributed by atoms with E-state index in [1.807, 2.05) is 24.3 Å². The lowest BCUT2D eigenvalue weighted by Crippen LogP contribution is -2.04. The second-order valence-corrected chi connectivity index (χ2v) is 6.88. The molecular weight excluding hydrogens is 395 g/mol. The Kier molecular flexibility index (Phi) is 4.93. The average molecular weight is 412 g/mol. The van der Waals surface area contributed by atoms with E-state index in [9.17, 15) is 4.39 Å². The summed E-state index contributed by atoms with van der Waals surface area (Å²) >= 11 is 0. The molecule has 4 heterocycles. The normalized spacial score (nSPS) is 11.2. The zero-order valence-corrected chi connectivity index (χ0v) is 16.4. The molecule has 0 radical (unpaired) electrons. The van der Waals surface area contributed by atoms with Crippen molar-refractivity contribution in [2.45, 2.75) is 0 Å². The summed E-state index contributed by atoms with van der Waals surface area (Å²) in [4.78, 5) is 17.7. The third-order valence-electron chi connectivity index (χ3n) is 5.01. The molecule has 5 rings (SSSR count). The van der Waals surface area contributed by atoms with E-state index in [1.54, 1.807) is 43.0 Å². The SMILES string of the molecule is OCCOc1ncc(-c2cc(-c3ccccc3F)nc3ncccc23)c2ccncc12. The predicted octanol–water partition coefficient (Wildman–Crippen LogP) is 4.42. The topological polar surface area (TPSA) is 81.0 Å². The first-order chi connectivity index (χ1) is 15.3. The maximum absolute atomic E-state index is 14.5. The average Bonchev–Trinajstić information content (AvgIpc) is 2.82. The van der Waals surface area contributed by atoms with Gasteiger partial charge in [0, 0.05) is 41.3 Å². The fourth-order valence-corrected chi connectivity index (χ4v) is 3.62. The van der Waals surface area contributed by atoms with Crippen LogP contribution in [0, 0.1) is 5.82 Å². The fraction of sp³-hybridized carbons (Fsp3) is 0.0833. The van der Waals surface area contributed by atoms with Crippen LogP contribution in [-0.4, -0.2) is 38.3 Å². The molecule has 0 spiro atoms. The number of pyridine rings is 4. The van der Waals surface area contributed by atoms with Crippen molar-refractivity contribution in [2.75, 3.05) is 13.2 Å². The monoisotopic (exact) mass is 412 g/mol. The zero-order valence-electron chi connectivity index (χ0n) is 16.4. The molecule has 0 bridgehead atoms. The van der Waals surface area contributed by atoms with Gasteiger partial charge in [-0.2, -0.15) is 0 Å². The van der Waals surface area contributed by atoms with Gasteiger partial charge in [-0.05, 0) is 47.3 Å². The van der Waals surface area contributed by atoms with E-state index in [0.29, 0.717) is 22.8 Å². The van der Waals surface area contributed by atoms with Gasteiger partial charge < -0.3 is 9.84 Å². The number of rotatable bonds is 5. The van der Waals surface area contributed by atoms with Crippen LogP contribution in [0.4, 0.5) is 4.39 Å². The molecule has 0 aliphatic carbocycles. The molecule has 1 aromatic carbocycles. The standard InChI is InChI=1S/C24H17FN4O2/c25-21-6-2-1-4-17(21)22-12-18(16-5-3-8-27-23(16)29-22)19-14-28-24(31-11-10-30)20-13-26-9-7-15(19)20/h1-9,12-14,30H,10-11H2. The Morgan fingerprint density at radius 1 is 0.839 bits per heavy atom. The summed E-state index contributed by atoms with van der Waals surface area (Å²) in [6.07, 6.45) is 6.75. The second kappa shape index (κ2) is 8.04. The maximum Gasteiger partial charge on any atom is 0.223 e. The van der Waals surface area contributed by atoms with Crippen LogP contribution in [0.1, 0.15) is 0 Å². The van der Waals surface area contributed by atoms with Gasteiger partial charge in [-0.15, -0.1) is 0 Å². The van der Waals surface area contributed by atoms with Crippen molar-refractivity contribution in [3.63, 3.8) is 0 Å². The van der Waals surface area contributed by atoms with Gasteiger partial charge in [0.15, 0.2) is 5.65 Å². The van der Waals surface area contributed by atoms with Gasteiger partial charge in [0.05, 0.1) is 17.7 Å². The van der Waals surface area contributed by atoms with Gasteiger partial charge in [-0.1, -0.05) is 12.1 Å². The molecular formula is C24H17FN4O2. The third-order valence-corrected chi connectivity index (χ3v) is 5.01. The number of hydrogen-bond donors (Lipinski definition) is 1. The van der Waals surface area contributed by atoms with Crippen LogP contribution in [0.15, 0.2) is 73.3 Å². The molecule has 152 valence electrons. The first-order valence-electron chi connectivity index (χ1n) is 9.73. The summed E-state index contributed by atoms with van der Waals surface area (Å²) < 4.78 is 20.1. The molecule has 5 aromatic rings. The number of ether oxygens (including phenoxy) is 1. The zero-order chi connectivity index (χ0) is 21.2. The Morgan fingerprint density at radius 3 is 2.61 bits per heavy atom. The lowest BCUT2D eigenvalue weighted by Gasteiger charge is -2.14. The van der Waals surface area contributed by atoms with Crippen LogP contribution in [-0.2, 0) is 0 Å². The van der Waals surface area contributed by atoms with E-state index in [0.717, 1.165) is 27.3 Å². The number of aliphatic hydroxyl groups excluding tert-OH is 1. The number of halogens is 1. The molecule has 0 aliphatic heterocycles. The molecule has 0 aliphatic rings. The highest BCUT2D eigenvalue weighted by molar-refractivity contribution is 6.05. The van der Waals surface area contributed by atoms with E-state index < -0.39 is 0 Å². The van der Waals surface area contributed by atoms with E-state index >= 15 is 0 Å². The van der Waals surface area contributed by atoms with Gasteiger partial charge in [0.1, 0.15) is 12.4 Å². The van der Waals surface area contributed by atoms with E-state index in [4.69, 9.17) is 9.84 Å². The minimum Gasteiger partial charge on any atom is -0.475 e. The largest absolute Gasteiger partial charge is 0.475 e. The number of nitrogens with zero attached hydrogens (tertiary/aromatic N) is 4. The summed E-state index contributed by atoms with van der Waals surface area (Å²) in [6.45, 7) is 0.0216. The van der Waals surface area contributed by atoms with Crippen molar-refractivity contribution in [2.24, 2.45) is 0 Å². The van der Waals surface area contributed by atoms with Gasteiger partial charge in [-0.3, -0.25) is 4.98 Å². The highest BCUT2D eigenvalue weighted by Crippen LogP contribution is 2.37. The smallest absolute Gasteiger partial charge is 0.223 e. The number of fused-ring (bicyclic) bond motifs is 2. The molecule has 31 heavy (non-hydrogen) atoms. The van der Waals surface area contributed by atoms with Crippen molar-refractivity contribution < 1.29 is 14.2 Å². The molecule has 0 saturated heterocycles. The molecule has 0 atom stereocenters. The minimum atomic E-state index is -0.351. The lowest BCUT2D eigenvalue weighted by molar-refractivity contribution is 0.198. The Bertz CT molecular complexity index is 1410. The molecule has 0 amide bonds. The summed E-state index contributed by atoms with van der Waals surface area (Å²) in [6, 6.07) is 14.0. The summed E-state index contributed by atoms with van der Waals surface area (Å²) in [7, 11) is 0. The van der Waals surface area contributed by atoms with Crippen molar-refractivity contribution in [3.05, 3.63) is 79.1 Å². The Labute approximate surface area is 177 Å². The van der Waals surface area contributed by atoms with Crippen molar-refractivity contribution in [1.29, 1.82) is 0 Å². The number of aromatic nitrogens is 4. The van der Waals surface area contributed by atoms with Crippen LogP contribution in [0.5, 0.6) is 5.88 Å². The summed E-state index contributed by atoms with van der Waals surface area (Å²) in [5, 5.41) is 11.5. The fourth-order valence-electron chi connectivity index (χ4n) is 3.62. The van der Waals surface area contributed by atoms with Crippen LogP contribution >= 0.6 is 0 Å². The Balaban J connectivity index is 1.79. The van der Waals surface area contributed by atoms with Crippen molar-refractivity contribution >= 4 is 21.8 Å². The minimum absolute atomic E-state index is 0.113. The van der Waals surface area contributed by atoms with Crippen LogP contribution in [0.3, 0.4) is 0 Å². The van der Waals surface area contributed by atoms with Crippen LogP contribution in [0.25, 0.3) is 44.2 Å². The number of hydrogen-bond acceptors (Lipinski definition) is 6. The predicted molar refractivity (Wildman–Crippen MR) is 116 cm³/mol. The van der Waals surface area contributed by atoms with Gasteiger partial charge in [-0.25, -0.2) is 19.3 Å². The maximum atomic E-state index is 14.5. The first-order valence-corrected chi connectivity index (χ1v) is 9.73. The van der Waals surface area contributed by atoms with Crippen molar-refractivity contribution in [3.8, 4) is 28.3 Å². The molecule has 6 nitrogen and oxygen atoms in total. The Morgan fingerprint density at radius 2 is 1.74 bits per heavy atom. The molecule has 0 saturated carbocycles. The van der Waals surface area contributed by atoms with Crippen molar-refractivity contribution in [1.82, 2.24) is 19.9 Å². The lowest BCUT2D eigenvalue weighted by atomic mass is 9.97.